The number of nitrogens with zero attached hydrogens (tertiary/aromatic N) is 3. The number of esters is 1. The summed E-state index contributed by atoms with van der Waals surface area (Å²) in [5.74, 6) is -0.462. The van der Waals surface area contributed by atoms with Crippen molar-refractivity contribution in [3.63, 3.8) is 0 Å². The fraction of sp³-hybridized carbons (Fsp3) is 0.158. The summed E-state index contributed by atoms with van der Waals surface area (Å²) >= 11 is 0. The van der Waals surface area contributed by atoms with Gasteiger partial charge in [0.15, 0.2) is 5.65 Å². The first-order valence-corrected chi connectivity index (χ1v) is 8.03. The topological polar surface area (TPSA) is 49.1 Å². The number of carbonyl (C=O) groups excluding carboxylic acids is 1. The molecule has 0 atom stereocenters. The van der Waals surface area contributed by atoms with Crippen LogP contribution in [0, 0.1) is 0 Å². The van der Waals surface area contributed by atoms with Crippen molar-refractivity contribution in [2.75, 3.05) is 7.11 Å². The highest BCUT2D eigenvalue weighted by atomic mass is 19.4. The molecule has 2 aromatic carbocycles. The van der Waals surface area contributed by atoms with Gasteiger partial charge in [0.1, 0.15) is 0 Å². The third-order valence-corrected chi connectivity index (χ3v) is 4.42. The predicted octanol–water partition coefficient (Wildman–Crippen LogP) is 4.32. The van der Waals surface area contributed by atoms with Crippen LogP contribution in [0.2, 0.25) is 0 Å². The van der Waals surface area contributed by atoms with E-state index in [9.17, 15) is 18.0 Å². The first-order valence-electron chi connectivity index (χ1n) is 8.03. The Bertz CT molecular complexity index is 1170. The lowest BCUT2D eigenvalue weighted by molar-refractivity contribution is -0.137. The van der Waals surface area contributed by atoms with E-state index in [0.29, 0.717) is 16.9 Å². The Morgan fingerprint density at radius 1 is 1.07 bits per heavy atom. The Kier molecular flexibility index (Phi) is 3.73. The average Bonchev–Trinajstić information content (AvgIpc) is 3.14. The van der Waals surface area contributed by atoms with Gasteiger partial charge >= 0.3 is 12.1 Å². The number of benzene rings is 2. The SMILES string of the molecule is COC(=O)c1ccc2c(c1)c1cn(C)nc1n2-c1ccc(C(F)(F)F)cc1. The van der Waals surface area contributed by atoms with Gasteiger partial charge < -0.3 is 4.74 Å². The fourth-order valence-electron chi connectivity index (χ4n) is 3.20. The Morgan fingerprint density at radius 3 is 2.41 bits per heavy atom. The maximum absolute atomic E-state index is 12.9. The molecule has 0 saturated carbocycles. The van der Waals surface area contributed by atoms with Crippen molar-refractivity contribution < 1.29 is 22.7 Å². The summed E-state index contributed by atoms with van der Waals surface area (Å²) in [6, 6.07) is 9.95. The number of aromatic nitrogens is 3. The highest BCUT2D eigenvalue weighted by molar-refractivity contribution is 6.10. The number of methoxy groups -OCH3 is 1. The van der Waals surface area contributed by atoms with E-state index in [0.717, 1.165) is 28.4 Å². The lowest BCUT2D eigenvalue weighted by atomic mass is 10.1. The summed E-state index contributed by atoms with van der Waals surface area (Å²) in [5.41, 5.74) is 1.55. The van der Waals surface area contributed by atoms with Crippen LogP contribution in [0.1, 0.15) is 15.9 Å². The van der Waals surface area contributed by atoms with E-state index in [4.69, 9.17) is 4.74 Å². The molecule has 0 spiro atoms. The third kappa shape index (κ3) is 2.73. The Morgan fingerprint density at radius 2 is 1.78 bits per heavy atom. The minimum atomic E-state index is -4.40. The van der Waals surface area contributed by atoms with Crippen molar-refractivity contribution in [1.29, 1.82) is 0 Å². The highest BCUT2D eigenvalue weighted by Gasteiger charge is 2.30. The molecule has 0 amide bonds. The van der Waals surface area contributed by atoms with Crippen molar-refractivity contribution >= 4 is 27.9 Å². The van der Waals surface area contributed by atoms with E-state index in [1.807, 2.05) is 0 Å². The van der Waals surface area contributed by atoms with E-state index >= 15 is 0 Å². The van der Waals surface area contributed by atoms with Crippen molar-refractivity contribution in [3.05, 3.63) is 59.8 Å². The van der Waals surface area contributed by atoms with Gasteiger partial charge in [0.05, 0.1) is 23.8 Å². The summed E-state index contributed by atoms with van der Waals surface area (Å²) in [6.45, 7) is 0. The largest absolute Gasteiger partial charge is 0.465 e. The minimum absolute atomic E-state index is 0.389. The maximum Gasteiger partial charge on any atom is 0.416 e. The molecule has 27 heavy (non-hydrogen) atoms. The molecule has 2 heterocycles. The van der Waals surface area contributed by atoms with Crippen LogP contribution in [0.15, 0.2) is 48.7 Å². The summed E-state index contributed by atoms with van der Waals surface area (Å²) in [7, 11) is 3.06. The zero-order valence-corrected chi connectivity index (χ0v) is 14.4. The smallest absolute Gasteiger partial charge is 0.416 e. The van der Waals surface area contributed by atoms with E-state index in [2.05, 4.69) is 5.10 Å². The molecule has 0 N–H and O–H groups in total. The van der Waals surface area contributed by atoms with Crippen molar-refractivity contribution in [1.82, 2.24) is 14.3 Å². The van der Waals surface area contributed by atoms with E-state index < -0.39 is 17.7 Å². The molecular formula is C19H14F3N3O2. The number of hydrogen-bond acceptors (Lipinski definition) is 3. The lowest BCUT2D eigenvalue weighted by Gasteiger charge is -2.10. The number of hydrogen-bond donors (Lipinski definition) is 0. The Hall–Kier alpha value is -3.29. The molecule has 0 radical (unpaired) electrons. The van der Waals surface area contributed by atoms with Crippen LogP contribution in [0.3, 0.4) is 0 Å². The Balaban J connectivity index is 1.97. The zero-order valence-electron chi connectivity index (χ0n) is 14.4. The minimum Gasteiger partial charge on any atom is -0.465 e. The monoisotopic (exact) mass is 373 g/mol. The van der Waals surface area contributed by atoms with Gasteiger partial charge in [-0.05, 0) is 42.5 Å². The van der Waals surface area contributed by atoms with E-state index in [-0.39, 0.29) is 0 Å². The molecule has 4 rings (SSSR count). The van der Waals surface area contributed by atoms with Gasteiger partial charge in [-0.25, -0.2) is 4.79 Å². The number of alkyl halides is 3. The number of aryl methyl sites for hydroxylation is 1. The molecule has 0 fully saturated rings. The summed E-state index contributed by atoms with van der Waals surface area (Å²) in [5, 5.41) is 5.99. The number of carbonyl (C=O) groups is 1. The summed E-state index contributed by atoms with van der Waals surface area (Å²) < 4.78 is 46.7. The van der Waals surface area contributed by atoms with Crippen LogP contribution >= 0.6 is 0 Å². The van der Waals surface area contributed by atoms with Crippen LogP contribution < -0.4 is 0 Å². The molecule has 8 heteroatoms. The molecule has 0 unspecified atom stereocenters. The van der Waals surface area contributed by atoms with Crippen LogP contribution in [0.4, 0.5) is 13.2 Å². The maximum atomic E-state index is 12.9. The molecule has 5 nitrogen and oxygen atoms in total. The van der Waals surface area contributed by atoms with Gasteiger partial charge in [-0.1, -0.05) is 0 Å². The van der Waals surface area contributed by atoms with Gasteiger partial charge in [-0.15, -0.1) is 0 Å². The molecule has 0 saturated heterocycles. The van der Waals surface area contributed by atoms with E-state index in [1.165, 1.54) is 19.2 Å². The van der Waals surface area contributed by atoms with Gasteiger partial charge in [-0.3, -0.25) is 9.25 Å². The van der Waals surface area contributed by atoms with Gasteiger partial charge in [0.2, 0.25) is 0 Å². The molecule has 138 valence electrons. The van der Waals surface area contributed by atoms with Crippen LogP contribution in [-0.2, 0) is 18.0 Å². The second-order valence-corrected chi connectivity index (χ2v) is 6.14. The second kappa shape index (κ2) is 5.87. The fourth-order valence-corrected chi connectivity index (χ4v) is 3.20. The molecule has 2 aromatic heterocycles. The van der Waals surface area contributed by atoms with Gasteiger partial charge in [-0.2, -0.15) is 18.3 Å². The number of halogens is 3. The molecular weight excluding hydrogens is 359 g/mol. The van der Waals surface area contributed by atoms with Gasteiger partial charge in [0, 0.05) is 29.7 Å². The van der Waals surface area contributed by atoms with Crippen LogP contribution in [0.5, 0.6) is 0 Å². The summed E-state index contributed by atoms with van der Waals surface area (Å²) in [6.07, 6.45) is -2.59. The van der Waals surface area contributed by atoms with Crippen LogP contribution in [-0.4, -0.2) is 27.4 Å². The lowest BCUT2D eigenvalue weighted by Crippen LogP contribution is -2.05. The summed E-state index contributed by atoms with van der Waals surface area (Å²) in [4.78, 5) is 11.9. The van der Waals surface area contributed by atoms with Crippen molar-refractivity contribution in [2.45, 2.75) is 6.18 Å². The second-order valence-electron chi connectivity index (χ2n) is 6.14. The highest BCUT2D eigenvalue weighted by Crippen LogP contribution is 2.34. The molecule has 0 aliphatic carbocycles. The van der Waals surface area contributed by atoms with Crippen molar-refractivity contribution in [2.24, 2.45) is 7.05 Å². The number of rotatable bonds is 2. The normalized spacial score (nSPS) is 12.0. The first-order chi connectivity index (χ1) is 12.8. The Labute approximate surface area is 151 Å². The standard InChI is InChI=1S/C19H14F3N3O2/c1-24-10-15-14-9-11(18(26)27-2)3-8-16(14)25(17(15)23-24)13-6-4-12(5-7-13)19(20,21)22/h3-10H,1-2H3. The number of ether oxygens (including phenoxy) is 1. The molecule has 0 bridgehead atoms. The third-order valence-electron chi connectivity index (χ3n) is 4.42. The quantitative estimate of drug-likeness (QED) is 0.492. The first kappa shape index (κ1) is 17.1. The van der Waals surface area contributed by atoms with Crippen LogP contribution in [0.25, 0.3) is 27.6 Å². The number of fused-ring (bicyclic) bond motifs is 3. The van der Waals surface area contributed by atoms with E-state index in [1.54, 1.807) is 40.7 Å². The molecule has 0 aliphatic rings. The predicted molar refractivity (Wildman–Crippen MR) is 93.9 cm³/mol. The zero-order chi connectivity index (χ0) is 19.3. The molecule has 0 aliphatic heterocycles. The molecule has 4 aromatic rings. The van der Waals surface area contributed by atoms with Crippen molar-refractivity contribution in [3.8, 4) is 5.69 Å². The van der Waals surface area contributed by atoms with Gasteiger partial charge in [0.25, 0.3) is 0 Å². The average molecular weight is 373 g/mol.